The molecule has 0 amide bonds. The zero-order chi connectivity index (χ0) is 19.6. The molecule has 0 radical (unpaired) electrons. The molecule has 0 bridgehead atoms. The number of halogens is 1. The molecule has 0 unspecified atom stereocenters. The number of methoxy groups -OCH3 is 3. The van der Waals surface area contributed by atoms with Gasteiger partial charge in [0.15, 0.2) is 11.5 Å². The molecule has 0 saturated heterocycles. The van der Waals surface area contributed by atoms with Crippen molar-refractivity contribution in [2.75, 3.05) is 21.3 Å². The fourth-order valence-electron chi connectivity index (χ4n) is 2.41. The average Bonchev–Trinajstić information content (AvgIpc) is 3.23. The van der Waals surface area contributed by atoms with Crippen molar-refractivity contribution in [1.82, 2.24) is 9.78 Å². The minimum atomic E-state index is -0.744. The highest BCUT2D eigenvalue weighted by Gasteiger charge is 2.21. The molecule has 0 aliphatic rings. The number of aromatic nitrogens is 2. The van der Waals surface area contributed by atoms with Crippen molar-refractivity contribution in [3.05, 3.63) is 44.2 Å². The fourth-order valence-corrected chi connectivity index (χ4v) is 4.00. The summed E-state index contributed by atoms with van der Waals surface area (Å²) in [4.78, 5) is 25.4. The number of Topliss-reactive ketones (excluding diaryl/α,β-unsaturated/α-hetero) is 1. The summed E-state index contributed by atoms with van der Waals surface area (Å²) >= 11 is 4.65. The summed E-state index contributed by atoms with van der Waals surface area (Å²) in [5.74, 6) is 0.355. The van der Waals surface area contributed by atoms with Gasteiger partial charge in [0, 0.05) is 5.38 Å². The van der Waals surface area contributed by atoms with Gasteiger partial charge in [0.2, 0.25) is 0 Å². The first-order valence-electron chi connectivity index (χ1n) is 7.63. The topological polar surface area (TPSA) is 92.8 Å². The van der Waals surface area contributed by atoms with E-state index in [-0.39, 0.29) is 23.8 Å². The number of hydrogen-bond donors (Lipinski definition) is 0. The molecule has 8 nitrogen and oxygen atoms in total. The van der Waals surface area contributed by atoms with E-state index in [9.17, 15) is 9.59 Å². The SMILES string of the molecule is COc1ccc(OC)c(C(=O)Cn2nc(-c3scc(Br)c3OC)oc2=O)c1. The van der Waals surface area contributed by atoms with Crippen LogP contribution < -0.4 is 20.0 Å². The number of ether oxygens (including phenoxy) is 3. The van der Waals surface area contributed by atoms with Gasteiger partial charge in [-0.3, -0.25) is 4.79 Å². The summed E-state index contributed by atoms with van der Waals surface area (Å²) in [5.41, 5.74) is 0.282. The number of nitrogens with zero attached hydrogens (tertiary/aromatic N) is 2. The van der Waals surface area contributed by atoms with Crippen molar-refractivity contribution in [1.29, 1.82) is 0 Å². The number of rotatable bonds is 7. The first kappa shape index (κ1) is 19.2. The van der Waals surface area contributed by atoms with E-state index in [0.717, 1.165) is 9.15 Å². The number of benzene rings is 1. The standard InChI is InChI=1S/C17H15BrN2O6S/c1-23-9-4-5-13(24-2)10(6-9)12(21)7-20-17(22)26-16(19-20)15-14(25-3)11(18)8-27-15/h4-6,8H,7H2,1-3H3. The van der Waals surface area contributed by atoms with Crippen LogP contribution in [-0.2, 0) is 6.54 Å². The lowest BCUT2D eigenvalue weighted by Gasteiger charge is -2.09. The predicted molar refractivity (Wildman–Crippen MR) is 102 cm³/mol. The molecule has 0 spiro atoms. The lowest BCUT2D eigenvalue weighted by atomic mass is 10.1. The Kier molecular flexibility index (Phi) is 5.66. The molecular weight excluding hydrogens is 440 g/mol. The summed E-state index contributed by atoms with van der Waals surface area (Å²) in [6, 6.07) is 4.85. The van der Waals surface area contributed by atoms with E-state index >= 15 is 0 Å². The van der Waals surface area contributed by atoms with Gasteiger partial charge in [-0.25, -0.2) is 4.79 Å². The number of ketones is 1. The van der Waals surface area contributed by atoms with Crippen LogP contribution in [-0.4, -0.2) is 36.9 Å². The summed E-state index contributed by atoms with van der Waals surface area (Å²) in [6.45, 7) is -0.305. The van der Waals surface area contributed by atoms with Gasteiger partial charge in [-0.1, -0.05) is 0 Å². The second-order valence-corrected chi connectivity index (χ2v) is 7.00. The molecule has 142 valence electrons. The lowest BCUT2D eigenvalue weighted by molar-refractivity contribution is 0.0961. The van der Waals surface area contributed by atoms with Gasteiger partial charge >= 0.3 is 5.76 Å². The lowest BCUT2D eigenvalue weighted by Crippen LogP contribution is -2.22. The van der Waals surface area contributed by atoms with Gasteiger partial charge in [-0.05, 0) is 34.1 Å². The van der Waals surface area contributed by atoms with Gasteiger partial charge in [-0.15, -0.1) is 16.4 Å². The first-order chi connectivity index (χ1) is 13.0. The number of carbonyl (C=O) groups excluding carboxylic acids is 1. The quantitative estimate of drug-likeness (QED) is 0.505. The van der Waals surface area contributed by atoms with Crippen LogP contribution in [0.25, 0.3) is 10.8 Å². The Bertz CT molecular complexity index is 1040. The van der Waals surface area contributed by atoms with Crippen molar-refractivity contribution in [2.24, 2.45) is 0 Å². The average molecular weight is 455 g/mol. The minimum absolute atomic E-state index is 0.0814. The van der Waals surface area contributed by atoms with Crippen LogP contribution in [0, 0.1) is 0 Å². The maximum Gasteiger partial charge on any atom is 0.437 e. The van der Waals surface area contributed by atoms with Crippen LogP contribution in [0.4, 0.5) is 0 Å². The van der Waals surface area contributed by atoms with E-state index in [1.807, 2.05) is 0 Å². The van der Waals surface area contributed by atoms with E-state index in [0.29, 0.717) is 22.1 Å². The number of carbonyl (C=O) groups is 1. The summed E-state index contributed by atoms with van der Waals surface area (Å²) in [6.07, 6.45) is 0. The van der Waals surface area contributed by atoms with Crippen LogP contribution in [0.15, 0.2) is 37.3 Å². The van der Waals surface area contributed by atoms with Gasteiger partial charge in [0.25, 0.3) is 5.89 Å². The van der Waals surface area contributed by atoms with Crippen molar-refractivity contribution in [3.8, 4) is 28.0 Å². The third-order valence-electron chi connectivity index (χ3n) is 3.71. The van der Waals surface area contributed by atoms with E-state index in [1.165, 1.54) is 32.7 Å². The third kappa shape index (κ3) is 3.76. The molecule has 0 N–H and O–H groups in total. The zero-order valence-electron chi connectivity index (χ0n) is 14.6. The molecule has 0 saturated carbocycles. The monoisotopic (exact) mass is 454 g/mol. The molecule has 0 fully saturated rings. The second-order valence-electron chi connectivity index (χ2n) is 5.27. The third-order valence-corrected chi connectivity index (χ3v) is 5.55. The van der Waals surface area contributed by atoms with Gasteiger partial charge in [0.05, 0.1) is 31.4 Å². The molecule has 0 aliphatic carbocycles. The smallest absolute Gasteiger partial charge is 0.437 e. The van der Waals surface area contributed by atoms with Gasteiger partial charge in [0.1, 0.15) is 22.9 Å². The van der Waals surface area contributed by atoms with Crippen molar-refractivity contribution in [2.45, 2.75) is 6.54 Å². The molecule has 1 aromatic carbocycles. The van der Waals surface area contributed by atoms with Crippen LogP contribution >= 0.6 is 27.3 Å². The number of hydrogen-bond acceptors (Lipinski definition) is 8. The van der Waals surface area contributed by atoms with Crippen LogP contribution in [0.2, 0.25) is 0 Å². The first-order valence-corrected chi connectivity index (χ1v) is 9.30. The normalized spacial score (nSPS) is 10.7. The highest BCUT2D eigenvalue weighted by atomic mass is 79.9. The summed E-state index contributed by atoms with van der Waals surface area (Å²) in [5, 5.41) is 5.91. The Morgan fingerprint density at radius 2 is 2.04 bits per heavy atom. The van der Waals surface area contributed by atoms with E-state index in [1.54, 1.807) is 23.6 Å². The maximum absolute atomic E-state index is 12.7. The molecule has 10 heteroatoms. The number of thiophene rings is 1. The summed E-state index contributed by atoms with van der Waals surface area (Å²) < 4.78 is 22.5. The molecule has 0 aliphatic heterocycles. The van der Waals surface area contributed by atoms with Crippen LogP contribution in [0.5, 0.6) is 17.2 Å². The van der Waals surface area contributed by atoms with Crippen molar-refractivity contribution in [3.63, 3.8) is 0 Å². The fraction of sp³-hybridized carbons (Fsp3) is 0.235. The second kappa shape index (κ2) is 7.97. The molecule has 3 rings (SSSR count). The van der Waals surface area contributed by atoms with E-state index in [2.05, 4.69) is 21.0 Å². The molecule has 0 atom stereocenters. The maximum atomic E-state index is 12.7. The Balaban J connectivity index is 1.92. The van der Waals surface area contributed by atoms with Crippen LogP contribution in [0.1, 0.15) is 10.4 Å². The highest BCUT2D eigenvalue weighted by molar-refractivity contribution is 9.10. The Labute approximate surface area is 166 Å². The molecule has 27 heavy (non-hydrogen) atoms. The predicted octanol–water partition coefficient (Wildman–Crippen LogP) is 3.24. The highest BCUT2D eigenvalue weighted by Crippen LogP contribution is 2.40. The Morgan fingerprint density at radius 3 is 2.70 bits per heavy atom. The zero-order valence-corrected chi connectivity index (χ0v) is 17.0. The largest absolute Gasteiger partial charge is 0.497 e. The molecular formula is C17H15BrN2O6S. The Morgan fingerprint density at radius 1 is 1.26 bits per heavy atom. The summed E-state index contributed by atoms with van der Waals surface area (Å²) in [7, 11) is 4.46. The minimum Gasteiger partial charge on any atom is -0.497 e. The Hall–Kier alpha value is -2.59. The van der Waals surface area contributed by atoms with Crippen molar-refractivity contribution < 1.29 is 23.4 Å². The van der Waals surface area contributed by atoms with Gasteiger partial charge in [-0.2, -0.15) is 4.68 Å². The van der Waals surface area contributed by atoms with E-state index in [4.69, 9.17) is 18.6 Å². The molecule has 2 heterocycles. The van der Waals surface area contributed by atoms with E-state index < -0.39 is 5.76 Å². The molecule has 2 aromatic heterocycles. The van der Waals surface area contributed by atoms with Gasteiger partial charge < -0.3 is 18.6 Å². The van der Waals surface area contributed by atoms with Crippen molar-refractivity contribution >= 4 is 33.0 Å². The molecule has 3 aromatic rings. The van der Waals surface area contributed by atoms with Crippen LogP contribution in [0.3, 0.4) is 0 Å².